The second-order valence-electron chi connectivity index (χ2n) is 10.2. The molecule has 0 N–H and O–H groups in total. The predicted molar refractivity (Wildman–Crippen MR) is 129 cm³/mol. The molecular weight excluding hydrogens is 478 g/mol. The van der Waals surface area contributed by atoms with Crippen LogP contribution in [-0.4, -0.2) is 45.7 Å². The van der Waals surface area contributed by atoms with E-state index >= 15 is 0 Å². The zero-order chi connectivity index (χ0) is 25.9. The summed E-state index contributed by atoms with van der Waals surface area (Å²) in [6.07, 6.45) is 4.92. The van der Waals surface area contributed by atoms with Gasteiger partial charge in [-0.3, -0.25) is 29.5 Å². The molecule has 1 aliphatic carbocycles. The molecule has 3 fully saturated rings. The average molecular weight is 504 g/mol. The van der Waals surface area contributed by atoms with Gasteiger partial charge in [0.15, 0.2) is 5.78 Å². The molecule has 0 bridgehead atoms. The van der Waals surface area contributed by atoms with E-state index in [9.17, 15) is 24.5 Å². The minimum Gasteiger partial charge on any atom is -0.422 e. The van der Waals surface area contributed by atoms with Gasteiger partial charge in [0.05, 0.1) is 11.1 Å². The molecule has 3 heterocycles. The molecule has 10 nitrogen and oxygen atoms in total. The molecule has 0 amide bonds. The van der Waals surface area contributed by atoms with E-state index in [4.69, 9.17) is 9.47 Å². The van der Waals surface area contributed by atoms with E-state index in [-0.39, 0.29) is 11.5 Å². The molecule has 0 aromatic heterocycles. The van der Waals surface area contributed by atoms with Crippen LogP contribution in [0.2, 0.25) is 0 Å². The molecule has 2 saturated heterocycles. The number of hydrazone groups is 1. The van der Waals surface area contributed by atoms with Gasteiger partial charge in [0.2, 0.25) is 5.41 Å². The molecule has 10 heteroatoms. The second-order valence-corrected chi connectivity index (χ2v) is 10.2. The zero-order valence-corrected chi connectivity index (χ0v) is 20.2. The number of nitrogens with zero attached hydrogens (tertiary/aromatic N) is 3. The Morgan fingerprint density at radius 3 is 2.30 bits per heavy atom. The highest BCUT2D eigenvalue weighted by atomic mass is 16.7. The highest BCUT2D eigenvalue weighted by Gasteiger charge is 2.75. The smallest absolute Gasteiger partial charge is 0.330 e. The molecule has 37 heavy (non-hydrogen) atoms. The van der Waals surface area contributed by atoms with Crippen molar-refractivity contribution in [2.24, 2.45) is 10.5 Å². The molecule has 2 spiro atoms. The van der Waals surface area contributed by atoms with E-state index in [1.54, 1.807) is 18.3 Å². The Bertz CT molecular complexity index is 1330. The number of benzene rings is 2. The summed E-state index contributed by atoms with van der Waals surface area (Å²) >= 11 is 0. The molecule has 3 aliphatic heterocycles. The number of ketones is 1. The molecule has 2 aromatic rings. The first kappa shape index (κ1) is 23.3. The van der Waals surface area contributed by atoms with Gasteiger partial charge in [0.1, 0.15) is 12.1 Å². The fourth-order valence-electron chi connectivity index (χ4n) is 6.53. The van der Waals surface area contributed by atoms with Crippen LogP contribution in [0.15, 0.2) is 53.6 Å². The average Bonchev–Trinajstić information content (AvgIpc) is 3.21. The fourth-order valence-corrected chi connectivity index (χ4v) is 6.53. The molecule has 6 rings (SSSR count). The van der Waals surface area contributed by atoms with Crippen LogP contribution in [0.5, 0.6) is 0 Å². The summed E-state index contributed by atoms with van der Waals surface area (Å²) in [5.41, 5.74) is -0.300. The molecular formula is C27H25N3O7. The number of carbonyl (C=O) groups is 3. The van der Waals surface area contributed by atoms with E-state index in [0.717, 1.165) is 19.3 Å². The Morgan fingerprint density at radius 2 is 1.68 bits per heavy atom. The van der Waals surface area contributed by atoms with E-state index in [2.05, 4.69) is 5.10 Å². The topological polar surface area (TPSA) is 128 Å². The van der Waals surface area contributed by atoms with Gasteiger partial charge in [-0.05, 0) is 36.5 Å². The lowest BCUT2D eigenvalue weighted by molar-refractivity contribution is -0.384. The van der Waals surface area contributed by atoms with E-state index in [1.165, 1.54) is 36.2 Å². The highest BCUT2D eigenvalue weighted by Crippen LogP contribution is 2.63. The SMILES string of the molecule is CC(=O)C1C(c2ccc([N+](=O)[O-])cc2)C2(C(=O)OC3(CCCCC3)OC2=O)C2c3ccccc3C=NN12. The van der Waals surface area contributed by atoms with Crippen molar-refractivity contribution in [3.8, 4) is 0 Å². The van der Waals surface area contributed by atoms with Crippen LogP contribution in [0, 0.1) is 15.5 Å². The van der Waals surface area contributed by atoms with Crippen LogP contribution < -0.4 is 0 Å². The summed E-state index contributed by atoms with van der Waals surface area (Å²) in [4.78, 5) is 52.5. The first-order valence-electron chi connectivity index (χ1n) is 12.4. The Labute approximate surface area is 212 Å². The number of fused-ring (bicyclic) bond motifs is 4. The van der Waals surface area contributed by atoms with Crippen LogP contribution in [0.4, 0.5) is 5.69 Å². The van der Waals surface area contributed by atoms with Gasteiger partial charge < -0.3 is 9.47 Å². The Morgan fingerprint density at radius 1 is 1.03 bits per heavy atom. The maximum atomic E-state index is 14.3. The Hall–Kier alpha value is -4.08. The number of rotatable bonds is 3. The number of esters is 2. The summed E-state index contributed by atoms with van der Waals surface area (Å²) in [5, 5.41) is 17.4. The number of nitro benzene ring substituents is 1. The van der Waals surface area contributed by atoms with Crippen molar-refractivity contribution in [1.82, 2.24) is 5.01 Å². The first-order valence-corrected chi connectivity index (χ1v) is 12.4. The predicted octanol–water partition coefficient (Wildman–Crippen LogP) is 3.79. The van der Waals surface area contributed by atoms with Gasteiger partial charge in [0.25, 0.3) is 11.5 Å². The van der Waals surface area contributed by atoms with Crippen molar-refractivity contribution < 1.29 is 28.8 Å². The van der Waals surface area contributed by atoms with Crippen molar-refractivity contribution in [3.63, 3.8) is 0 Å². The number of ether oxygens (including phenoxy) is 2. The van der Waals surface area contributed by atoms with Crippen molar-refractivity contribution >= 4 is 29.6 Å². The van der Waals surface area contributed by atoms with E-state index in [1.807, 2.05) is 12.1 Å². The Balaban J connectivity index is 1.58. The summed E-state index contributed by atoms with van der Waals surface area (Å²) < 4.78 is 12.1. The van der Waals surface area contributed by atoms with Gasteiger partial charge in [-0.2, -0.15) is 5.10 Å². The number of non-ortho nitro benzene ring substituents is 1. The zero-order valence-electron chi connectivity index (χ0n) is 20.2. The standard InChI is InChI=1S/C27H25N3O7/c1-16(31)22-21(17-9-11-19(12-10-17)30(34)35)27(23-20-8-4-3-7-18(20)15-28-29(22)23)24(32)36-26(37-25(27)33)13-5-2-6-14-26/h3-4,7-12,15,21-23H,2,5-6,13-14H2,1H3. The number of nitro groups is 1. The molecule has 3 unspecified atom stereocenters. The van der Waals surface area contributed by atoms with Gasteiger partial charge in [-0.25, -0.2) is 0 Å². The van der Waals surface area contributed by atoms with Crippen LogP contribution in [0.25, 0.3) is 0 Å². The molecule has 190 valence electrons. The minimum atomic E-state index is -1.94. The third-order valence-electron chi connectivity index (χ3n) is 8.14. The molecule has 2 aromatic carbocycles. The fraction of sp³-hybridized carbons (Fsp3) is 0.407. The van der Waals surface area contributed by atoms with Crippen molar-refractivity contribution in [1.29, 1.82) is 0 Å². The van der Waals surface area contributed by atoms with Gasteiger partial charge in [-0.15, -0.1) is 0 Å². The monoisotopic (exact) mass is 503 g/mol. The number of hydrogen-bond acceptors (Lipinski definition) is 9. The first-order chi connectivity index (χ1) is 17.8. The quantitative estimate of drug-likeness (QED) is 0.268. The highest BCUT2D eigenvalue weighted by molar-refractivity contribution is 6.07. The lowest BCUT2D eigenvalue weighted by atomic mass is 9.65. The van der Waals surface area contributed by atoms with Gasteiger partial charge >= 0.3 is 11.9 Å². The maximum absolute atomic E-state index is 14.3. The van der Waals surface area contributed by atoms with Crippen LogP contribution in [0.1, 0.15) is 67.7 Å². The lowest BCUT2D eigenvalue weighted by Crippen LogP contribution is -2.60. The third-order valence-corrected chi connectivity index (χ3v) is 8.14. The molecule has 0 radical (unpaired) electrons. The van der Waals surface area contributed by atoms with E-state index < -0.39 is 46.1 Å². The summed E-state index contributed by atoms with van der Waals surface area (Å²) in [5.74, 6) is -4.16. The number of hydrogen-bond donors (Lipinski definition) is 0. The summed E-state index contributed by atoms with van der Waals surface area (Å²) in [6.45, 7) is 1.39. The van der Waals surface area contributed by atoms with Crippen LogP contribution >= 0.6 is 0 Å². The van der Waals surface area contributed by atoms with Crippen LogP contribution in [0.3, 0.4) is 0 Å². The van der Waals surface area contributed by atoms with Crippen LogP contribution in [-0.2, 0) is 23.9 Å². The molecule has 3 atom stereocenters. The minimum absolute atomic E-state index is 0.147. The van der Waals surface area contributed by atoms with Gasteiger partial charge in [-0.1, -0.05) is 42.8 Å². The molecule has 4 aliphatic rings. The molecule has 1 saturated carbocycles. The normalized spacial score (nSPS) is 26.8. The van der Waals surface area contributed by atoms with Gasteiger partial charge in [0, 0.05) is 30.9 Å². The maximum Gasteiger partial charge on any atom is 0.330 e. The number of Topliss-reactive ketones (excluding diaryl/α,β-unsaturated/α-hetero) is 1. The van der Waals surface area contributed by atoms with E-state index in [0.29, 0.717) is 29.5 Å². The third kappa shape index (κ3) is 3.24. The van der Waals surface area contributed by atoms with Crippen molar-refractivity contribution in [3.05, 3.63) is 75.3 Å². The Kier molecular flexibility index (Phi) is 5.18. The van der Waals surface area contributed by atoms with Crippen molar-refractivity contribution in [2.45, 2.75) is 62.8 Å². The second kappa shape index (κ2) is 8.22. The summed E-state index contributed by atoms with van der Waals surface area (Å²) in [6, 6.07) is 10.9. The number of carbonyl (C=O) groups excluding carboxylic acids is 3. The lowest BCUT2D eigenvalue weighted by Gasteiger charge is -2.47. The largest absolute Gasteiger partial charge is 0.422 e. The van der Waals surface area contributed by atoms with Crippen molar-refractivity contribution in [2.75, 3.05) is 0 Å². The summed E-state index contributed by atoms with van der Waals surface area (Å²) in [7, 11) is 0.